The molecule has 2 aromatic carbocycles. The predicted octanol–water partition coefficient (Wildman–Crippen LogP) is 3.95. The number of rotatable bonds is 10. The first-order chi connectivity index (χ1) is 15.6. The van der Waals surface area contributed by atoms with E-state index in [-0.39, 0.29) is 17.9 Å². The summed E-state index contributed by atoms with van der Waals surface area (Å²) in [5, 5.41) is 4.12. The van der Waals surface area contributed by atoms with Crippen LogP contribution in [0.1, 0.15) is 54.2 Å². The molecule has 0 fully saturated rings. The fourth-order valence-corrected chi connectivity index (χ4v) is 4.64. The highest BCUT2D eigenvalue weighted by molar-refractivity contribution is 6.01. The fraction of sp³-hybridized carbons (Fsp3) is 0.385. The smallest absolute Gasteiger partial charge is 0.255 e. The van der Waals surface area contributed by atoms with E-state index in [9.17, 15) is 9.59 Å². The number of H-pyrrole nitrogens is 1. The third-order valence-corrected chi connectivity index (χ3v) is 6.42. The lowest BCUT2D eigenvalue weighted by Crippen LogP contribution is -2.35. The molecule has 0 bridgehead atoms. The zero-order valence-electron chi connectivity index (χ0n) is 18.9. The van der Waals surface area contributed by atoms with Crippen LogP contribution >= 0.6 is 0 Å². The summed E-state index contributed by atoms with van der Waals surface area (Å²) in [4.78, 5) is 33.2. The van der Waals surface area contributed by atoms with Gasteiger partial charge in [0, 0.05) is 47.7 Å². The number of nitrogens with one attached hydrogen (secondary N) is 2. The second-order valence-corrected chi connectivity index (χ2v) is 8.26. The van der Waals surface area contributed by atoms with Gasteiger partial charge in [0.1, 0.15) is 0 Å². The molecule has 6 nitrogen and oxygen atoms in total. The lowest BCUT2D eigenvalue weighted by atomic mass is 9.97. The molecule has 1 aliphatic heterocycles. The van der Waals surface area contributed by atoms with Gasteiger partial charge in [0.05, 0.1) is 6.04 Å². The molecule has 168 valence electrons. The summed E-state index contributed by atoms with van der Waals surface area (Å²) in [5.41, 5.74) is 3.84. The Hall–Kier alpha value is -3.12. The summed E-state index contributed by atoms with van der Waals surface area (Å²) in [7, 11) is 0. The molecule has 2 heterocycles. The Morgan fingerprint density at radius 1 is 1.06 bits per heavy atom. The fourth-order valence-electron chi connectivity index (χ4n) is 4.64. The number of carbonyl (C=O) groups excluding carboxylic acids is 2. The van der Waals surface area contributed by atoms with E-state index < -0.39 is 0 Å². The minimum Gasteiger partial charge on any atom is -0.361 e. The first kappa shape index (κ1) is 22.1. The van der Waals surface area contributed by atoms with Crippen molar-refractivity contribution in [2.45, 2.75) is 32.7 Å². The third-order valence-electron chi connectivity index (χ3n) is 6.42. The van der Waals surface area contributed by atoms with Gasteiger partial charge >= 0.3 is 0 Å². The van der Waals surface area contributed by atoms with Crippen LogP contribution < -0.4 is 5.32 Å². The molecule has 1 aromatic heterocycles. The summed E-state index contributed by atoms with van der Waals surface area (Å²) in [6, 6.07) is 15.7. The number of hydrogen-bond donors (Lipinski definition) is 2. The van der Waals surface area contributed by atoms with E-state index in [4.69, 9.17) is 0 Å². The van der Waals surface area contributed by atoms with Gasteiger partial charge in [-0.05, 0) is 43.8 Å². The number of para-hydroxylation sites is 1. The average Bonchev–Trinajstić information content (AvgIpc) is 3.36. The number of aromatic nitrogens is 1. The highest BCUT2D eigenvalue weighted by atomic mass is 16.2. The lowest BCUT2D eigenvalue weighted by molar-refractivity contribution is -0.121. The SMILES string of the molecule is CCN(CC)CCCNC(=O)CCN1C(=O)c2ccccc2C1c1c[nH]c2ccccc12. The monoisotopic (exact) mass is 432 g/mol. The number of nitrogens with zero attached hydrogens (tertiary/aromatic N) is 2. The van der Waals surface area contributed by atoms with Crippen molar-refractivity contribution >= 4 is 22.7 Å². The summed E-state index contributed by atoms with van der Waals surface area (Å²) in [6.45, 7) is 8.38. The van der Waals surface area contributed by atoms with Crippen molar-refractivity contribution in [3.63, 3.8) is 0 Å². The Balaban J connectivity index is 1.45. The van der Waals surface area contributed by atoms with E-state index in [2.05, 4.69) is 35.1 Å². The van der Waals surface area contributed by atoms with Crippen LogP contribution in [0.5, 0.6) is 0 Å². The molecule has 0 aliphatic carbocycles. The van der Waals surface area contributed by atoms with E-state index >= 15 is 0 Å². The highest BCUT2D eigenvalue weighted by Crippen LogP contribution is 2.41. The van der Waals surface area contributed by atoms with Gasteiger partial charge in [0.2, 0.25) is 5.91 Å². The number of aromatic amines is 1. The van der Waals surface area contributed by atoms with Crippen molar-refractivity contribution in [2.75, 3.05) is 32.7 Å². The normalized spacial score (nSPS) is 15.5. The van der Waals surface area contributed by atoms with Gasteiger partial charge in [-0.25, -0.2) is 0 Å². The Morgan fingerprint density at radius 2 is 1.81 bits per heavy atom. The second kappa shape index (κ2) is 10.0. The Bertz CT molecular complexity index is 1090. The van der Waals surface area contributed by atoms with Gasteiger partial charge < -0.3 is 20.1 Å². The zero-order valence-corrected chi connectivity index (χ0v) is 18.9. The van der Waals surface area contributed by atoms with E-state index in [0.717, 1.165) is 53.6 Å². The molecule has 32 heavy (non-hydrogen) atoms. The summed E-state index contributed by atoms with van der Waals surface area (Å²) >= 11 is 0. The Kier molecular flexibility index (Phi) is 6.90. The lowest BCUT2D eigenvalue weighted by Gasteiger charge is -2.25. The van der Waals surface area contributed by atoms with Crippen molar-refractivity contribution in [1.29, 1.82) is 0 Å². The number of amides is 2. The molecule has 4 rings (SSSR count). The minimum absolute atomic E-state index is 0.00835. The van der Waals surface area contributed by atoms with Gasteiger partial charge in [-0.15, -0.1) is 0 Å². The standard InChI is InChI=1S/C26H32N4O2/c1-3-29(4-2)16-9-15-27-24(31)14-17-30-25(20-11-5-6-12-21(20)26(30)32)22-18-28-23-13-8-7-10-19(22)23/h5-8,10-13,18,25,28H,3-4,9,14-17H2,1-2H3,(H,27,31). The molecule has 0 saturated heterocycles. The van der Waals surface area contributed by atoms with Crippen LogP contribution in [0.3, 0.4) is 0 Å². The van der Waals surface area contributed by atoms with Crippen LogP contribution in [-0.2, 0) is 4.79 Å². The summed E-state index contributed by atoms with van der Waals surface area (Å²) in [5.74, 6) is -0.0174. The highest BCUT2D eigenvalue weighted by Gasteiger charge is 2.38. The Labute approximate surface area is 189 Å². The molecule has 6 heteroatoms. The third kappa shape index (κ3) is 4.41. The van der Waals surface area contributed by atoms with E-state index in [1.807, 2.05) is 53.6 Å². The first-order valence-corrected chi connectivity index (χ1v) is 11.6. The van der Waals surface area contributed by atoms with Crippen molar-refractivity contribution in [2.24, 2.45) is 0 Å². The van der Waals surface area contributed by atoms with Gasteiger partial charge in [0.25, 0.3) is 5.91 Å². The molecule has 0 saturated carbocycles. The molecule has 0 radical (unpaired) electrons. The number of hydrogen-bond acceptors (Lipinski definition) is 3. The van der Waals surface area contributed by atoms with Crippen molar-refractivity contribution in [1.82, 2.24) is 20.1 Å². The maximum Gasteiger partial charge on any atom is 0.255 e. The summed E-state index contributed by atoms with van der Waals surface area (Å²) < 4.78 is 0. The molecule has 2 amide bonds. The topological polar surface area (TPSA) is 68.4 Å². The van der Waals surface area contributed by atoms with Crippen LogP contribution in [0, 0.1) is 0 Å². The quantitative estimate of drug-likeness (QED) is 0.477. The van der Waals surface area contributed by atoms with Crippen molar-refractivity contribution in [3.05, 3.63) is 71.4 Å². The number of fused-ring (bicyclic) bond motifs is 2. The van der Waals surface area contributed by atoms with Crippen LogP contribution in [0.4, 0.5) is 0 Å². The maximum atomic E-state index is 13.2. The summed E-state index contributed by atoms with van der Waals surface area (Å²) in [6.07, 6.45) is 3.22. The van der Waals surface area contributed by atoms with Crippen LogP contribution in [-0.4, -0.2) is 59.3 Å². The van der Waals surface area contributed by atoms with E-state index in [0.29, 0.717) is 19.5 Å². The predicted molar refractivity (Wildman–Crippen MR) is 128 cm³/mol. The zero-order chi connectivity index (χ0) is 22.5. The molecule has 2 N–H and O–H groups in total. The first-order valence-electron chi connectivity index (χ1n) is 11.6. The largest absolute Gasteiger partial charge is 0.361 e. The molecule has 1 atom stereocenters. The van der Waals surface area contributed by atoms with Gasteiger partial charge in [-0.3, -0.25) is 9.59 Å². The van der Waals surface area contributed by atoms with Crippen LogP contribution in [0.25, 0.3) is 10.9 Å². The van der Waals surface area contributed by atoms with Gasteiger partial charge in [-0.1, -0.05) is 50.2 Å². The van der Waals surface area contributed by atoms with Crippen molar-refractivity contribution in [3.8, 4) is 0 Å². The average molecular weight is 433 g/mol. The molecular formula is C26H32N4O2. The maximum absolute atomic E-state index is 13.2. The molecule has 1 unspecified atom stereocenters. The van der Waals surface area contributed by atoms with Crippen molar-refractivity contribution < 1.29 is 9.59 Å². The molecular weight excluding hydrogens is 400 g/mol. The van der Waals surface area contributed by atoms with Crippen LogP contribution in [0.15, 0.2) is 54.7 Å². The van der Waals surface area contributed by atoms with Crippen LogP contribution in [0.2, 0.25) is 0 Å². The van der Waals surface area contributed by atoms with E-state index in [1.165, 1.54) is 0 Å². The molecule has 0 spiro atoms. The Morgan fingerprint density at radius 3 is 2.62 bits per heavy atom. The molecule has 1 aliphatic rings. The second-order valence-electron chi connectivity index (χ2n) is 8.26. The van der Waals surface area contributed by atoms with Gasteiger partial charge in [0.15, 0.2) is 0 Å². The number of carbonyl (C=O) groups is 2. The number of benzene rings is 2. The minimum atomic E-state index is -0.190. The van der Waals surface area contributed by atoms with Gasteiger partial charge in [-0.2, -0.15) is 0 Å². The molecule has 3 aromatic rings. The van der Waals surface area contributed by atoms with E-state index in [1.54, 1.807) is 0 Å².